The molecule has 1 rings (SSSR count). The second kappa shape index (κ2) is 6.49. The second-order valence-electron chi connectivity index (χ2n) is 3.94. The normalized spacial score (nSPS) is 10.3. The first-order chi connectivity index (χ1) is 8.47. The molecule has 0 aliphatic heterocycles. The average molecular weight is 315 g/mol. The molecular weight excluding hydrogens is 300 g/mol. The van der Waals surface area contributed by atoms with Crippen molar-refractivity contribution in [3.63, 3.8) is 0 Å². The zero-order valence-electron chi connectivity index (χ0n) is 10.5. The molecule has 98 valence electrons. The van der Waals surface area contributed by atoms with Gasteiger partial charge in [0.1, 0.15) is 11.1 Å². The third kappa shape index (κ3) is 3.53. The number of hydrogen-bond donors (Lipinski definition) is 0. The van der Waals surface area contributed by atoms with Crippen LogP contribution in [0.4, 0.5) is 0 Å². The van der Waals surface area contributed by atoms with Gasteiger partial charge in [-0.3, -0.25) is 9.59 Å². The Bertz CT molecular complexity index is 449. The van der Waals surface area contributed by atoms with Gasteiger partial charge in [0.15, 0.2) is 0 Å². The van der Waals surface area contributed by atoms with Crippen molar-refractivity contribution in [2.24, 2.45) is 0 Å². The summed E-state index contributed by atoms with van der Waals surface area (Å²) in [5.74, 6) is -0.701. The third-order valence-electron chi connectivity index (χ3n) is 2.40. The van der Waals surface area contributed by atoms with E-state index in [1.165, 1.54) is 12.0 Å². The highest BCUT2D eigenvalue weighted by Gasteiger charge is 2.23. The highest BCUT2D eigenvalue weighted by Crippen LogP contribution is 2.16. The van der Waals surface area contributed by atoms with Crippen molar-refractivity contribution >= 4 is 27.8 Å². The highest BCUT2D eigenvalue weighted by atomic mass is 79.9. The van der Waals surface area contributed by atoms with E-state index in [2.05, 4.69) is 25.7 Å². The molecule has 0 bridgehead atoms. The number of carbonyl (C=O) groups excluding carboxylic acids is 2. The zero-order valence-corrected chi connectivity index (χ0v) is 12.1. The number of rotatable bonds is 4. The summed E-state index contributed by atoms with van der Waals surface area (Å²) in [5, 5.41) is 0. The van der Waals surface area contributed by atoms with E-state index in [4.69, 9.17) is 0 Å². The van der Waals surface area contributed by atoms with Crippen LogP contribution in [-0.2, 0) is 9.53 Å². The van der Waals surface area contributed by atoms with Crippen molar-refractivity contribution in [3.8, 4) is 0 Å². The minimum absolute atomic E-state index is 0.0751. The lowest BCUT2D eigenvalue weighted by molar-refractivity contribution is -0.141. The lowest BCUT2D eigenvalue weighted by Gasteiger charge is -2.25. The number of amides is 1. The van der Waals surface area contributed by atoms with Gasteiger partial charge in [0.2, 0.25) is 0 Å². The van der Waals surface area contributed by atoms with Gasteiger partial charge in [-0.1, -0.05) is 0 Å². The zero-order chi connectivity index (χ0) is 13.7. The van der Waals surface area contributed by atoms with Gasteiger partial charge in [-0.05, 0) is 41.9 Å². The van der Waals surface area contributed by atoms with Crippen LogP contribution in [0.2, 0.25) is 0 Å². The molecule has 0 radical (unpaired) electrons. The van der Waals surface area contributed by atoms with Crippen LogP contribution >= 0.6 is 15.9 Å². The Kier molecular flexibility index (Phi) is 5.27. The fraction of sp³-hybridized carbons (Fsp3) is 0.417. The van der Waals surface area contributed by atoms with Crippen LogP contribution in [0.25, 0.3) is 0 Å². The molecule has 0 aliphatic carbocycles. The van der Waals surface area contributed by atoms with E-state index < -0.39 is 5.97 Å². The summed E-state index contributed by atoms with van der Waals surface area (Å²) in [4.78, 5) is 29.0. The van der Waals surface area contributed by atoms with Crippen molar-refractivity contribution in [1.29, 1.82) is 0 Å². The Morgan fingerprint density at radius 2 is 2.17 bits per heavy atom. The standard InChI is InChI=1S/C12H15BrN2O3/c1-8(2)15(7-10(16)18-3)12(17)9-5-4-6-14-11(9)13/h4-6,8H,7H2,1-3H3. The number of halogens is 1. The summed E-state index contributed by atoms with van der Waals surface area (Å²) in [5.41, 5.74) is 0.426. The predicted molar refractivity (Wildman–Crippen MR) is 70.1 cm³/mol. The summed E-state index contributed by atoms with van der Waals surface area (Å²) in [6, 6.07) is 3.23. The lowest BCUT2D eigenvalue weighted by Crippen LogP contribution is -2.41. The molecule has 1 aromatic heterocycles. The number of nitrogens with zero attached hydrogens (tertiary/aromatic N) is 2. The summed E-state index contributed by atoms with van der Waals surface area (Å²) in [6.45, 7) is 3.60. The van der Waals surface area contributed by atoms with Crippen LogP contribution < -0.4 is 0 Å². The molecule has 0 unspecified atom stereocenters. The van der Waals surface area contributed by atoms with Crippen molar-refractivity contribution < 1.29 is 14.3 Å². The van der Waals surface area contributed by atoms with Gasteiger partial charge in [-0.15, -0.1) is 0 Å². The van der Waals surface area contributed by atoms with Gasteiger partial charge in [0.25, 0.3) is 5.91 Å². The smallest absolute Gasteiger partial charge is 0.325 e. The second-order valence-corrected chi connectivity index (χ2v) is 4.70. The van der Waals surface area contributed by atoms with Crippen LogP contribution in [0.3, 0.4) is 0 Å². The monoisotopic (exact) mass is 314 g/mol. The number of hydrogen-bond acceptors (Lipinski definition) is 4. The van der Waals surface area contributed by atoms with Crippen molar-refractivity contribution in [3.05, 3.63) is 28.5 Å². The molecule has 1 amide bonds. The summed E-state index contributed by atoms with van der Waals surface area (Å²) in [6.07, 6.45) is 1.58. The molecule has 0 spiro atoms. The van der Waals surface area contributed by atoms with Crippen LogP contribution in [0.15, 0.2) is 22.9 Å². The Hall–Kier alpha value is -1.43. The quantitative estimate of drug-likeness (QED) is 0.629. The molecule has 0 saturated carbocycles. The van der Waals surface area contributed by atoms with E-state index in [0.29, 0.717) is 10.2 Å². The number of aromatic nitrogens is 1. The molecule has 0 aliphatic rings. The van der Waals surface area contributed by atoms with Crippen LogP contribution in [0.5, 0.6) is 0 Å². The van der Waals surface area contributed by atoms with Crippen molar-refractivity contribution in [1.82, 2.24) is 9.88 Å². The van der Waals surface area contributed by atoms with Gasteiger partial charge < -0.3 is 9.64 Å². The maximum atomic E-state index is 12.3. The third-order valence-corrected chi connectivity index (χ3v) is 3.03. The minimum Gasteiger partial charge on any atom is -0.468 e. The first-order valence-corrected chi connectivity index (χ1v) is 6.25. The van der Waals surface area contributed by atoms with E-state index in [0.717, 1.165) is 0 Å². The Balaban J connectivity index is 2.97. The lowest BCUT2D eigenvalue weighted by atomic mass is 10.2. The molecular formula is C12H15BrN2O3. The number of ether oxygens (including phenoxy) is 1. The van der Waals surface area contributed by atoms with Crippen LogP contribution in [0.1, 0.15) is 24.2 Å². The number of pyridine rings is 1. The molecule has 6 heteroatoms. The Morgan fingerprint density at radius 3 is 2.67 bits per heavy atom. The summed E-state index contributed by atoms with van der Waals surface area (Å²) < 4.78 is 5.05. The highest BCUT2D eigenvalue weighted by molar-refractivity contribution is 9.10. The Labute approximate surface area is 114 Å². The molecule has 1 heterocycles. The fourth-order valence-corrected chi connectivity index (χ4v) is 1.81. The fourth-order valence-electron chi connectivity index (χ4n) is 1.39. The summed E-state index contributed by atoms with van der Waals surface area (Å²) in [7, 11) is 1.30. The number of carbonyl (C=O) groups is 2. The number of methoxy groups -OCH3 is 1. The molecule has 0 saturated heterocycles. The van der Waals surface area contributed by atoms with Gasteiger partial charge >= 0.3 is 5.97 Å². The van der Waals surface area contributed by atoms with E-state index in [1.807, 2.05) is 13.8 Å². The van der Waals surface area contributed by atoms with Crippen LogP contribution in [0, 0.1) is 0 Å². The predicted octanol–water partition coefficient (Wildman–Crippen LogP) is 1.87. The van der Waals surface area contributed by atoms with Crippen molar-refractivity contribution in [2.75, 3.05) is 13.7 Å². The Morgan fingerprint density at radius 1 is 1.50 bits per heavy atom. The molecule has 0 fully saturated rings. The van der Waals surface area contributed by atoms with Gasteiger partial charge in [0, 0.05) is 12.2 Å². The molecule has 1 aromatic rings. The van der Waals surface area contributed by atoms with E-state index in [-0.39, 0.29) is 18.5 Å². The number of esters is 1. The SMILES string of the molecule is COC(=O)CN(C(=O)c1cccnc1Br)C(C)C. The topological polar surface area (TPSA) is 59.5 Å². The van der Waals surface area contributed by atoms with E-state index >= 15 is 0 Å². The molecule has 18 heavy (non-hydrogen) atoms. The molecule has 0 aromatic carbocycles. The molecule has 5 nitrogen and oxygen atoms in total. The maximum absolute atomic E-state index is 12.3. The van der Waals surface area contributed by atoms with Gasteiger partial charge in [-0.25, -0.2) is 4.98 Å². The van der Waals surface area contributed by atoms with Gasteiger partial charge in [0.05, 0.1) is 12.7 Å². The minimum atomic E-state index is -0.447. The van der Waals surface area contributed by atoms with Crippen LogP contribution in [-0.4, -0.2) is 41.5 Å². The maximum Gasteiger partial charge on any atom is 0.325 e. The van der Waals surface area contributed by atoms with E-state index in [9.17, 15) is 9.59 Å². The first-order valence-electron chi connectivity index (χ1n) is 5.45. The van der Waals surface area contributed by atoms with Crippen molar-refractivity contribution in [2.45, 2.75) is 19.9 Å². The molecule has 0 N–H and O–H groups in total. The summed E-state index contributed by atoms with van der Waals surface area (Å²) >= 11 is 3.22. The van der Waals surface area contributed by atoms with Gasteiger partial charge in [-0.2, -0.15) is 0 Å². The first kappa shape index (κ1) is 14.6. The van der Waals surface area contributed by atoms with E-state index in [1.54, 1.807) is 18.3 Å². The molecule has 0 atom stereocenters. The largest absolute Gasteiger partial charge is 0.468 e. The average Bonchev–Trinajstić information content (AvgIpc) is 2.35.